The number of carbonyl (C=O) groups is 1. The molecule has 1 heterocycles. The van der Waals surface area contributed by atoms with Crippen LogP contribution in [-0.4, -0.2) is 55.8 Å². The van der Waals surface area contributed by atoms with E-state index in [4.69, 9.17) is 0 Å². The fourth-order valence-corrected chi connectivity index (χ4v) is 5.90. The molecule has 1 aliphatic heterocycles. The minimum Gasteiger partial charge on any atom is -0.349 e. The first kappa shape index (κ1) is 22.0. The molecule has 2 aromatic carbocycles. The third kappa shape index (κ3) is 5.53. The monoisotopic (exact) mass is 441 g/mol. The van der Waals surface area contributed by atoms with Crippen LogP contribution in [0.3, 0.4) is 0 Å². The van der Waals surface area contributed by atoms with Crippen molar-refractivity contribution in [3.8, 4) is 0 Å². The minimum absolute atomic E-state index is 0.00697. The van der Waals surface area contributed by atoms with E-state index in [0.717, 1.165) is 18.4 Å². The summed E-state index contributed by atoms with van der Waals surface area (Å²) in [5, 5.41) is 3.18. The van der Waals surface area contributed by atoms with Crippen LogP contribution in [0.4, 0.5) is 0 Å². The fourth-order valence-electron chi connectivity index (χ4n) is 4.45. The number of piperazine rings is 1. The molecule has 1 amide bonds. The predicted molar refractivity (Wildman–Crippen MR) is 121 cm³/mol. The van der Waals surface area contributed by atoms with E-state index < -0.39 is 10.0 Å². The van der Waals surface area contributed by atoms with Crippen molar-refractivity contribution in [1.82, 2.24) is 14.5 Å². The van der Waals surface area contributed by atoms with Gasteiger partial charge >= 0.3 is 0 Å². The molecule has 0 atom stereocenters. The first-order valence-corrected chi connectivity index (χ1v) is 12.6. The van der Waals surface area contributed by atoms with Gasteiger partial charge < -0.3 is 5.32 Å². The number of nitrogens with one attached hydrogen (secondary N) is 1. The third-order valence-corrected chi connectivity index (χ3v) is 8.16. The zero-order valence-electron chi connectivity index (χ0n) is 17.9. The zero-order chi connectivity index (χ0) is 21.7. The van der Waals surface area contributed by atoms with Gasteiger partial charge in [-0.05, 0) is 42.7 Å². The van der Waals surface area contributed by atoms with E-state index >= 15 is 0 Å². The second-order valence-corrected chi connectivity index (χ2v) is 10.4. The molecule has 31 heavy (non-hydrogen) atoms. The van der Waals surface area contributed by atoms with E-state index in [2.05, 4.69) is 10.2 Å². The Kier molecular flexibility index (Phi) is 7.05. The maximum absolute atomic E-state index is 12.8. The van der Waals surface area contributed by atoms with Crippen molar-refractivity contribution in [1.29, 1.82) is 0 Å². The smallest absolute Gasteiger partial charge is 0.251 e. The maximum atomic E-state index is 12.8. The number of carbonyl (C=O) groups excluding carboxylic acids is 1. The molecule has 0 unspecified atom stereocenters. The summed E-state index contributed by atoms with van der Waals surface area (Å²) in [5.74, 6) is 0.00697. The molecule has 2 aromatic rings. The molecular formula is C24H31N3O3S. The number of rotatable bonds is 6. The molecule has 6 nitrogen and oxygen atoms in total. The van der Waals surface area contributed by atoms with Gasteiger partial charge in [-0.3, -0.25) is 9.69 Å². The summed E-state index contributed by atoms with van der Waals surface area (Å²) in [7, 11) is -3.44. The third-order valence-electron chi connectivity index (χ3n) is 6.25. The summed E-state index contributed by atoms with van der Waals surface area (Å²) >= 11 is 0. The zero-order valence-corrected chi connectivity index (χ0v) is 18.7. The normalized spacial score (nSPS) is 19.2. The van der Waals surface area contributed by atoms with Crippen molar-refractivity contribution < 1.29 is 13.2 Å². The molecule has 1 saturated heterocycles. The molecule has 0 aromatic heterocycles. The molecule has 2 fully saturated rings. The Morgan fingerprint density at radius 2 is 1.61 bits per heavy atom. The van der Waals surface area contributed by atoms with Crippen molar-refractivity contribution in [2.45, 2.75) is 49.6 Å². The van der Waals surface area contributed by atoms with Crippen molar-refractivity contribution in [3.05, 3.63) is 65.7 Å². The Morgan fingerprint density at radius 3 is 2.32 bits per heavy atom. The highest BCUT2D eigenvalue weighted by molar-refractivity contribution is 7.89. The Balaban J connectivity index is 1.32. The summed E-state index contributed by atoms with van der Waals surface area (Å²) in [6, 6.07) is 16.7. The largest absolute Gasteiger partial charge is 0.349 e. The quantitative estimate of drug-likeness (QED) is 0.747. The average molecular weight is 442 g/mol. The van der Waals surface area contributed by atoms with Gasteiger partial charge in [-0.2, -0.15) is 4.31 Å². The summed E-state index contributed by atoms with van der Waals surface area (Å²) < 4.78 is 27.2. The van der Waals surface area contributed by atoms with E-state index in [1.54, 1.807) is 28.6 Å². The molecule has 4 rings (SSSR count). The van der Waals surface area contributed by atoms with Crippen LogP contribution in [0, 0.1) is 0 Å². The van der Waals surface area contributed by atoms with Gasteiger partial charge in [0.1, 0.15) is 0 Å². The van der Waals surface area contributed by atoms with Gasteiger partial charge in [0.25, 0.3) is 5.91 Å². The summed E-state index contributed by atoms with van der Waals surface area (Å²) in [5.41, 5.74) is 1.78. The second kappa shape index (κ2) is 9.94. The highest BCUT2D eigenvalue weighted by Gasteiger charge is 2.28. The van der Waals surface area contributed by atoms with E-state index in [1.165, 1.54) is 19.3 Å². The lowest BCUT2D eigenvalue weighted by Crippen LogP contribution is -2.48. The standard InChI is InChI=1S/C24H31N3O3S/c28-24(25-22-10-3-1-4-11-22)21-9-7-8-20(18-21)19-26-14-16-27(17-15-26)31(29,30)23-12-5-2-6-13-23/h2,5-9,12-13,18,22H,1,3-4,10-11,14-17,19H2,(H,25,28). The van der Waals surface area contributed by atoms with Crippen molar-refractivity contribution >= 4 is 15.9 Å². The van der Waals surface area contributed by atoms with E-state index in [9.17, 15) is 13.2 Å². The lowest BCUT2D eigenvalue weighted by atomic mass is 9.95. The fraction of sp³-hybridized carbons (Fsp3) is 0.458. The van der Waals surface area contributed by atoms with Gasteiger partial charge in [0.15, 0.2) is 0 Å². The van der Waals surface area contributed by atoms with Crippen LogP contribution in [-0.2, 0) is 16.6 Å². The maximum Gasteiger partial charge on any atom is 0.251 e. The summed E-state index contributed by atoms with van der Waals surface area (Å²) in [4.78, 5) is 15.2. The first-order valence-electron chi connectivity index (χ1n) is 11.2. The van der Waals surface area contributed by atoms with Gasteiger partial charge in [-0.1, -0.05) is 49.6 Å². The molecule has 1 saturated carbocycles. The molecular weight excluding hydrogens is 410 g/mol. The number of sulfonamides is 1. The Labute approximate surface area is 185 Å². The van der Waals surface area contributed by atoms with Crippen LogP contribution in [0.5, 0.6) is 0 Å². The van der Waals surface area contributed by atoms with E-state index in [1.807, 2.05) is 30.3 Å². The van der Waals surface area contributed by atoms with Crippen molar-refractivity contribution in [2.75, 3.05) is 26.2 Å². The van der Waals surface area contributed by atoms with Crippen LogP contribution in [0.2, 0.25) is 0 Å². The average Bonchev–Trinajstić information content (AvgIpc) is 2.81. The summed E-state index contributed by atoms with van der Waals surface area (Å²) in [6.45, 7) is 3.00. The van der Waals surface area contributed by atoms with Gasteiger partial charge in [-0.25, -0.2) is 8.42 Å². The molecule has 0 radical (unpaired) electrons. The Hall–Kier alpha value is -2.22. The van der Waals surface area contributed by atoms with E-state index in [0.29, 0.717) is 49.2 Å². The van der Waals surface area contributed by atoms with Crippen LogP contribution < -0.4 is 5.32 Å². The highest BCUT2D eigenvalue weighted by atomic mass is 32.2. The molecule has 166 valence electrons. The van der Waals surface area contributed by atoms with Crippen LogP contribution in [0.25, 0.3) is 0 Å². The number of benzene rings is 2. The van der Waals surface area contributed by atoms with Gasteiger partial charge in [0.05, 0.1) is 4.90 Å². The molecule has 1 aliphatic carbocycles. The van der Waals surface area contributed by atoms with E-state index in [-0.39, 0.29) is 5.91 Å². The number of hydrogen-bond donors (Lipinski definition) is 1. The second-order valence-electron chi connectivity index (χ2n) is 8.50. The molecule has 1 N–H and O–H groups in total. The van der Waals surface area contributed by atoms with Crippen molar-refractivity contribution in [3.63, 3.8) is 0 Å². The Bertz CT molecular complexity index is 980. The van der Waals surface area contributed by atoms with Crippen LogP contribution in [0.15, 0.2) is 59.5 Å². The minimum atomic E-state index is -3.44. The van der Waals surface area contributed by atoms with Crippen LogP contribution >= 0.6 is 0 Å². The topological polar surface area (TPSA) is 69.7 Å². The molecule has 7 heteroatoms. The SMILES string of the molecule is O=C(NC1CCCCC1)c1cccc(CN2CCN(S(=O)(=O)c3ccccc3)CC2)c1. The van der Waals surface area contributed by atoms with Crippen molar-refractivity contribution in [2.24, 2.45) is 0 Å². The predicted octanol–water partition coefficient (Wildman–Crippen LogP) is 3.26. The molecule has 0 bridgehead atoms. The highest BCUT2D eigenvalue weighted by Crippen LogP contribution is 2.20. The molecule has 2 aliphatic rings. The number of hydrogen-bond acceptors (Lipinski definition) is 4. The van der Waals surface area contributed by atoms with Gasteiger partial charge in [0, 0.05) is 44.3 Å². The Morgan fingerprint density at radius 1 is 0.903 bits per heavy atom. The molecule has 0 spiro atoms. The summed E-state index contributed by atoms with van der Waals surface area (Å²) in [6.07, 6.45) is 5.79. The number of amides is 1. The lowest BCUT2D eigenvalue weighted by Gasteiger charge is -2.34. The van der Waals surface area contributed by atoms with Gasteiger partial charge in [0.2, 0.25) is 10.0 Å². The van der Waals surface area contributed by atoms with Gasteiger partial charge in [-0.15, -0.1) is 0 Å². The first-order chi connectivity index (χ1) is 15.0. The number of nitrogens with zero attached hydrogens (tertiary/aromatic N) is 2. The lowest BCUT2D eigenvalue weighted by molar-refractivity contribution is 0.0927. The van der Waals surface area contributed by atoms with Crippen LogP contribution in [0.1, 0.15) is 48.0 Å².